The van der Waals surface area contributed by atoms with Crippen molar-refractivity contribution >= 4 is 0 Å². The third kappa shape index (κ3) is 2.34. The van der Waals surface area contributed by atoms with E-state index in [1.54, 1.807) is 0 Å². The molecule has 2 aliphatic heterocycles. The molecule has 3 unspecified atom stereocenters. The second-order valence-corrected chi connectivity index (χ2v) is 4.61. The van der Waals surface area contributed by atoms with Crippen LogP contribution in [-0.4, -0.2) is 37.9 Å². The standard InChI is InChI=1S/C10H18F2N2O2/c11-9(12)8(14-13)7-1-3-16-10(5-7)2-4-15-6-10/h7-9,14H,1-6,13H2. The third-order valence-electron chi connectivity index (χ3n) is 3.57. The van der Waals surface area contributed by atoms with E-state index in [0.717, 1.165) is 6.42 Å². The fraction of sp³-hybridized carbons (Fsp3) is 1.00. The number of nitrogens with one attached hydrogen (secondary N) is 1. The summed E-state index contributed by atoms with van der Waals surface area (Å²) in [4.78, 5) is 0. The van der Waals surface area contributed by atoms with Crippen LogP contribution in [0.5, 0.6) is 0 Å². The summed E-state index contributed by atoms with van der Waals surface area (Å²) in [6, 6.07) is -0.943. The van der Waals surface area contributed by atoms with Gasteiger partial charge in [0.15, 0.2) is 0 Å². The molecule has 0 saturated carbocycles. The first kappa shape index (κ1) is 12.2. The average Bonchev–Trinajstić information content (AvgIpc) is 2.67. The first-order valence-electron chi connectivity index (χ1n) is 5.63. The molecule has 2 aliphatic rings. The van der Waals surface area contributed by atoms with Crippen molar-refractivity contribution in [2.75, 3.05) is 19.8 Å². The molecule has 0 aromatic heterocycles. The Morgan fingerprint density at radius 3 is 2.75 bits per heavy atom. The van der Waals surface area contributed by atoms with E-state index >= 15 is 0 Å². The minimum atomic E-state index is -2.44. The minimum absolute atomic E-state index is 0.138. The van der Waals surface area contributed by atoms with Gasteiger partial charge in [0.2, 0.25) is 0 Å². The number of hydrogen-bond donors (Lipinski definition) is 2. The normalized spacial score (nSPS) is 37.1. The fourth-order valence-electron chi connectivity index (χ4n) is 2.65. The Morgan fingerprint density at radius 2 is 2.19 bits per heavy atom. The summed E-state index contributed by atoms with van der Waals surface area (Å²) in [7, 11) is 0. The number of hydrazine groups is 1. The van der Waals surface area contributed by atoms with Crippen molar-refractivity contribution in [2.24, 2.45) is 11.8 Å². The van der Waals surface area contributed by atoms with Gasteiger partial charge in [0, 0.05) is 19.6 Å². The van der Waals surface area contributed by atoms with Crippen molar-refractivity contribution in [1.29, 1.82) is 0 Å². The Kier molecular flexibility index (Phi) is 3.73. The van der Waals surface area contributed by atoms with Crippen LogP contribution >= 0.6 is 0 Å². The molecule has 6 heteroatoms. The van der Waals surface area contributed by atoms with Crippen LogP contribution in [0.1, 0.15) is 19.3 Å². The van der Waals surface area contributed by atoms with Crippen LogP contribution in [0.2, 0.25) is 0 Å². The molecule has 3 N–H and O–H groups in total. The Bertz CT molecular complexity index is 235. The molecule has 3 atom stereocenters. The molecule has 0 amide bonds. The summed E-state index contributed by atoms with van der Waals surface area (Å²) in [5.74, 6) is 5.05. The second kappa shape index (κ2) is 4.91. The Labute approximate surface area is 93.4 Å². The summed E-state index contributed by atoms with van der Waals surface area (Å²) in [5, 5.41) is 0. The molecule has 2 fully saturated rings. The van der Waals surface area contributed by atoms with Gasteiger partial charge in [-0.15, -0.1) is 0 Å². The molecule has 0 aromatic carbocycles. The summed E-state index contributed by atoms with van der Waals surface area (Å²) in [6.45, 7) is 1.69. The first-order valence-corrected chi connectivity index (χ1v) is 5.63. The molecule has 4 nitrogen and oxygen atoms in total. The molecule has 2 saturated heterocycles. The average molecular weight is 236 g/mol. The van der Waals surface area contributed by atoms with Crippen LogP contribution in [0, 0.1) is 5.92 Å². The Balaban J connectivity index is 2.00. The predicted octanol–water partition coefficient (Wildman–Crippen LogP) is 0.669. The quantitative estimate of drug-likeness (QED) is 0.558. The van der Waals surface area contributed by atoms with E-state index in [2.05, 4.69) is 5.43 Å². The molecule has 16 heavy (non-hydrogen) atoms. The van der Waals surface area contributed by atoms with Crippen LogP contribution in [0.4, 0.5) is 8.78 Å². The first-order chi connectivity index (χ1) is 7.67. The number of alkyl halides is 2. The lowest BCUT2D eigenvalue weighted by atomic mass is 9.81. The highest BCUT2D eigenvalue weighted by Gasteiger charge is 2.44. The summed E-state index contributed by atoms with van der Waals surface area (Å²) in [5.41, 5.74) is 1.89. The van der Waals surface area contributed by atoms with Crippen molar-refractivity contribution in [3.05, 3.63) is 0 Å². The fourth-order valence-corrected chi connectivity index (χ4v) is 2.65. The van der Waals surface area contributed by atoms with Gasteiger partial charge in [0.05, 0.1) is 18.2 Å². The van der Waals surface area contributed by atoms with E-state index in [1.165, 1.54) is 0 Å². The highest BCUT2D eigenvalue weighted by Crippen LogP contribution is 2.37. The van der Waals surface area contributed by atoms with Crippen LogP contribution in [0.25, 0.3) is 0 Å². The zero-order valence-electron chi connectivity index (χ0n) is 9.12. The van der Waals surface area contributed by atoms with Crippen molar-refractivity contribution < 1.29 is 18.3 Å². The minimum Gasteiger partial charge on any atom is -0.378 e. The number of ether oxygens (including phenoxy) is 2. The van der Waals surface area contributed by atoms with E-state index in [1.807, 2.05) is 0 Å². The molecule has 0 bridgehead atoms. The number of halogens is 2. The lowest BCUT2D eigenvalue weighted by Gasteiger charge is -2.39. The molecule has 94 valence electrons. The number of hydrogen-bond acceptors (Lipinski definition) is 4. The van der Waals surface area contributed by atoms with Crippen LogP contribution < -0.4 is 11.3 Å². The van der Waals surface area contributed by atoms with Crippen molar-refractivity contribution in [3.8, 4) is 0 Å². The van der Waals surface area contributed by atoms with E-state index in [4.69, 9.17) is 15.3 Å². The van der Waals surface area contributed by atoms with Gasteiger partial charge in [-0.2, -0.15) is 0 Å². The summed E-state index contributed by atoms with van der Waals surface area (Å²) >= 11 is 0. The molecule has 2 heterocycles. The topological polar surface area (TPSA) is 56.5 Å². The van der Waals surface area contributed by atoms with E-state index < -0.39 is 12.5 Å². The smallest absolute Gasteiger partial charge is 0.255 e. The van der Waals surface area contributed by atoms with Gasteiger partial charge in [-0.05, 0) is 18.8 Å². The third-order valence-corrected chi connectivity index (χ3v) is 3.57. The molecule has 0 aromatic rings. The second-order valence-electron chi connectivity index (χ2n) is 4.61. The van der Waals surface area contributed by atoms with E-state index in [9.17, 15) is 8.78 Å². The van der Waals surface area contributed by atoms with Gasteiger partial charge >= 0.3 is 0 Å². The lowest BCUT2D eigenvalue weighted by molar-refractivity contribution is -0.111. The van der Waals surface area contributed by atoms with Crippen LogP contribution in [-0.2, 0) is 9.47 Å². The molecule has 2 rings (SSSR count). The van der Waals surface area contributed by atoms with Crippen molar-refractivity contribution in [3.63, 3.8) is 0 Å². The Hall–Kier alpha value is -0.300. The monoisotopic (exact) mass is 236 g/mol. The maximum absolute atomic E-state index is 12.7. The molecule has 0 radical (unpaired) electrons. The largest absolute Gasteiger partial charge is 0.378 e. The van der Waals surface area contributed by atoms with Crippen LogP contribution in [0.15, 0.2) is 0 Å². The highest BCUT2D eigenvalue weighted by molar-refractivity contribution is 4.93. The zero-order valence-corrected chi connectivity index (χ0v) is 9.12. The zero-order chi connectivity index (χ0) is 11.6. The van der Waals surface area contributed by atoms with Crippen molar-refractivity contribution in [2.45, 2.75) is 37.3 Å². The SMILES string of the molecule is NNC(C(F)F)C1CCOC2(CCOC2)C1. The van der Waals surface area contributed by atoms with Gasteiger partial charge in [0.1, 0.15) is 0 Å². The van der Waals surface area contributed by atoms with Crippen molar-refractivity contribution in [1.82, 2.24) is 5.43 Å². The molecule has 1 spiro atoms. The van der Waals surface area contributed by atoms with E-state index in [-0.39, 0.29) is 11.5 Å². The maximum Gasteiger partial charge on any atom is 0.255 e. The van der Waals surface area contributed by atoms with Gasteiger partial charge in [0.25, 0.3) is 6.43 Å². The molecule has 0 aliphatic carbocycles. The van der Waals surface area contributed by atoms with Gasteiger partial charge in [-0.3, -0.25) is 11.3 Å². The highest BCUT2D eigenvalue weighted by atomic mass is 19.3. The lowest BCUT2D eigenvalue weighted by Crippen LogP contribution is -2.52. The van der Waals surface area contributed by atoms with Gasteiger partial charge in [-0.25, -0.2) is 8.78 Å². The van der Waals surface area contributed by atoms with E-state index in [0.29, 0.717) is 32.7 Å². The molecular weight excluding hydrogens is 218 g/mol. The van der Waals surface area contributed by atoms with Gasteiger partial charge in [-0.1, -0.05) is 0 Å². The number of rotatable bonds is 3. The summed E-state index contributed by atoms with van der Waals surface area (Å²) in [6.07, 6.45) is -0.413. The van der Waals surface area contributed by atoms with Gasteiger partial charge < -0.3 is 9.47 Å². The summed E-state index contributed by atoms with van der Waals surface area (Å²) < 4.78 is 36.5. The molecular formula is C10H18F2N2O2. The predicted molar refractivity (Wildman–Crippen MR) is 54.0 cm³/mol. The number of nitrogens with two attached hydrogens (primary N) is 1. The maximum atomic E-state index is 12.7. The van der Waals surface area contributed by atoms with Crippen LogP contribution in [0.3, 0.4) is 0 Å². The Morgan fingerprint density at radius 1 is 1.38 bits per heavy atom.